The fraction of sp³-hybridized carbons (Fsp3) is 0.286. The van der Waals surface area contributed by atoms with Crippen LogP contribution in [0.2, 0.25) is 5.02 Å². The first kappa shape index (κ1) is 12.3. The summed E-state index contributed by atoms with van der Waals surface area (Å²) < 4.78 is 0. The predicted molar refractivity (Wildman–Crippen MR) is 80.1 cm³/mol. The Hall–Kier alpha value is -0.700. The van der Waals surface area contributed by atoms with Gasteiger partial charge < -0.3 is 4.90 Å². The van der Waals surface area contributed by atoms with Crippen molar-refractivity contribution >= 4 is 40.2 Å². The van der Waals surface area contributed by atoms with Crippen LogP contribution < -0.4 is 4.90 Å². The van der Waals surface area contributed by atoms with E-state index in [1.165, 1.54) is 16.1 Å². The van der Waals surface area contributed by atoms with E-state index in [1.807, 2.05) is 23.5 Å². The van der Waals surface area contributed by atoms with E-state index in [4.69, 9.17) is 23.2 Å². The van der Waals surface area contributed by atoms with Crippen molar-refractivity contribution in [1.82, 2.24) is 0 Å². The maximum absolute atomic E-state index is 6.02. The molecular formula is C14H13Cl2NS. The molecule has 1 aromatic carbocycles. The third-order valence-corrected chi connectivity index (χ3v) is 4.88. The molecule has 1 nitrogen and oxygen atoms in total. The van der Waals surface area contributed by atoms with E-state index in [0.717, 1.165) is 30.1 Å². The summed E-state index contributed by atoms with van der Waals surface area (Å²) in [6, 6.07) is 8.21. The topological polar surface area (TPSA) is 3.24 Å². The zero-order valence-corrected chi connectivity index (χ0v) is 12.2. The second-order valence-electron chi connectivity index (χ2n) is 4.45. The fourth-order valence-corrected chi connectivity index (χ4v) is 3.72. The molecule has 0 aliphatic carbocycles. The number of halogens is 2. The molecule has 0 fully saturated rings. The maximum atomic E-state index is 6.02. The average Bonchev–Trinajstić information content (AvgIpc) is 2.85. The highest BCUT2D eigenvalue weighted by molar-refractivity contribution is 7.10. The molecule has 0 N–H and O–H groups in total. The number of hydrogen-bond acceptors (Lipinski definition) is 2. The second kappa shape index (κ2) is 5.12. The van der Waals surface area contributed by atoms with Crippen molar-refractivity contribution in [3.63, 3.8) is 0 Å². The van der Waals surface area contributed by atoms with Crippen molar-refractivity contribution < 1.29 is 0 Å². The third kappa shape index (κ3) is 2.25. The van der Waals surface area contributed by atoms with Gasteiger partial charge in [0.2, 0.25) is 0 Å². The molecule has 0 radical (unpaired) electrons. The molecule has 2 aromatic rings. The van der Waals surface area contributed by atoms with Gasteiger partial charge in [-0.1, -0.05) is 11.6 Å². The zero-order valence-electron chi connectivity index (χ0n) is 9.83. The molecule has 0 atom stereocenters. The first-order valence-corrected chi connectivity index (χ1v) is 7.71. The lowest BCUT2D eigenvalue weighted by Gasteiger charge is -2.30. The Labute approximate surface area is 121 Å². The van der Waals surface area contributed by atoms with E-state index < -0.39 is 0 Å². The molecule has 2 heterocycles. The number of thiophene rings is 1. The molecule has 1 aliphatic rings. The van der Waals surface area contributed by atoms with Crippen molar-refractivity contribution in [3.8, 4) is 0 Å². The first-order valence-electron chi connectivity index (χ1n) is 5.92. The Bertz CT molecular complexity index is 565. The van der Waals surface area contributed by atoms with Crippen molar-refractivity contribution in [1.29, 1.82) is 0 Å². The van der Waals surface area contributed by atoms with Gasteiger partial charge in [0.15, 0.2) is 0 Å². The van der Waals surface area contributed by atoms with Gasteiger partial charge in [-0.05, 0) is 47.2 Å². The van der Waals surface area contributed by atoms with Crippen LogP contribution in [0.25, 0.3) is 0 Å². The van der Waals surface area contributed by atoms with Crippen LogP contribution in [0.1, 0.15) is 16.0 Å². The van der Waals surface area contributed by atoms with Crippen molar-refractivity contribution in [2.75, 3.05) is 11.4 Å². The number of nitrogens with zero attached hydrogens (tertiary/aromatic N) is 1. The van der Waals surface area contributed by atoms with Gasteiger partial charge >= 0.3 is 0 Å². The molecule has 0 saturated carbocycles. The number of anilines is 1. The highest BCUT2D eigenvalue weighted by Crippen LogP contribution is 2.31. The zero-order chi connectivity index (χ0) is 12.5. The van der Waals surface area contributed by atoms with E-state index in [1.54, 1.807) is 0 Å². The smallest absolute Gasteiger partial charge is 0.0495 e. The molecular weight excluding hydrogens is 285 g/mol. The predicted octanol–water partition coefficient (Wildman–Crippen LogP) is 4.70. The first-order chi connectivity index (χ1) is 8.78. The summed E-state index contributed by atoms with van der Waals surface area (Å²) in [7, 11) is 0. The van der Waals surface area contributed by atoms with Crippen LogP contribution in [0.15, 0.2) is 29.6 Å². The Morgan fingerprint density at radius 1 is 1.28 bits per heavy atom. The summed E-state index contributed by atoms with van der Waals surface area (Å²) in [4.78, 5) is 3.91. The Morgan fingerprint density at radius 3 is 3.00 bits per heavy atom. The molecule has 94 valence electrons. The van der Waals surface area contributed by atoms with Crippen LogP contribution in [-0.4, -0.2) is 6.54 Å². The minimum absolute atomic E-state index is 0.503. The summed E-state index contributed by atoms with van der Waals surface area (Å²) >= 11 is 13.9. The Morgan fingerprint density at radius 2 is 2.17 bits per heavy atom. The van der Waals surface area contributed by atoms with Crippen LogP contribution in [-0.2, 0) is 18.8 Å². The summed E-state index contributed by atoms with van der Waals surface area (Å²) in [5.74, 6) is 0.503. The van der Waals surface area contributed by atoms with E-state index in [-0.39, 0.29) is 0 Å². The molecule has 3 rings (SSSR count). The standard InChI is InChI=1S/C14H13Cl2NS/c15-8-11-7-12(16)1-2-13(11)17-5-3-14-10(9-17)4-6-18-14/h1-2,4,6-7H,3,5,8-9H2. The number of fused-ring (bicyclic) bond motifs is 1. The monoisotopic (exact) mass is 297 g/mol. The SMILES string of the molecule is ClCc1cc(Cl)ccc1N1CCc2sccc2C1. The molecule has 1 aromatic heterocycles. The lowest BCUT2D eigenvalue weighted by Crippen LogP contribution is -2.30. The largest absolute Gasteiger partial charge is 0.367 e. The summed E-state index contributed by atoms with van der Waals surface area (Å²) in [5, 5.41) is 2.93. The molecule has 0 amide bonds. The fourth-order valence-electron chi connectivity index (χ4n) is 2.42. The molecule has 0 bridgehead atoms. The van der Waals surface area contributed by atoms with Gasteiger partial charge in [0, 0.05) is 34.6 Å². The van der Waals surface area contributed by atoms with Crippen LogP contribution >= 0.6 is 34.5 Å². The maximum Gasteiger partial charge on any atom is 0.0495 e. The van der Waals surface area contributed by atoms with Crippen LogP contribution in [0.5, 0.6) is 0 Å². The molecule has 0 unspecified atom stereocenters. The minimum atomic E-state index is 0.503. The highest BCUT2D eigenvalue weighted by atomic mass is 35.5. The molecule has 0 saturated heterocycles. The second-order valence-corrected chi connectivity index (χ2v) is 6.15. The number of alkyl halides is 1. The van der Waals surface area contributed by atoms with Gasteiger partial charge in [-0.3, -0.25) is 0 Å². The van der Waals surface area contributed by atoms with E-state index in [2.05, 4.69) is 22.4 Å². The third-order valence-electron chi connectivity index (χ3n) is 3.33. The number of benzene rings is 1. The van der Waals surface area contributed by atoms with Gasteiger partial charge in [0.05, 0.1) is 0 Å². The number of hydrogen-bond donors (Lipinski definition) is 0. The van der Waals surface area contributed by atoms with Crippen molar-refractivity contribution in [3.05, 3.63) is 50.7 Å². The molecule has 4 heteroatoms. The van der Waals surface area contributed by atoms with Crippen molar-refractivity contribution in [2.24, 2.45) is 0 Å². The quantitative estimate of drug-likeness (QED) is 0.726. The van der Waals surface area contributed by atoms with Gasteiger partial charge in [0.1, 0.15) is 0 Å². The molecule has 0 spiro atoms. The van der Waals surface area contributed by atoms with Crippen LogP contribution in [0.3, 0.4) is 0 Å². The lowest BCUT2D eigenvalue weighted by molar-refractivity contribution is 0.741. The average molecular weight is 298 g/mol. The van der Waals surface area contributed by atoms with E-state index in [9.17, 15) is 0 Å². The summed E-state index contributed by atoms with van der Waals surface area (Å²) in [5.41, 5.74) is 3.77. The van der Waals surface area contributed by atoms with Gasteiger partial charge in [-0.2, -0.15) is 0 Å². The summed E-state index contributed by atoms with van der Waals surface area (Å²) in [6.07, 6.45) is 1.12. The van der Waals surface area contributed by atoms with Crippen molar-refractivity contribution in [2.45, 2.75) is 18.8 Å². The lowest BCUT2D eigenvalue weighted by atomic mass is 10.1. The van der Waals surface area contributed by atoms with E-state index >= 15 is 0 Å². The van der Waals surface area contributed by atoms with E-state index in [0.29, 0.717) is 5.88 Å². The van der Waals surface area contributed by atoms with Gasteiger partial charge in [-0.25, -0.2) is 0 Å². The normalized spacial score (nSPS) is 14.7. The van der Waals surface area contributed by atoms with Crippen LogP contribution in [0, 0.1) is 0 Å². The molecule has 1 aliphatic heterocycles. The highest BCUT2D eigenvalue weighted by Gasteiger charge is 2.19. The Balaban J connectivity index is 1.93. The molecule has 18 heavy (non-hydrogen) atoms. The van der Waals surface area contributed by atoms with Gasteiger partial charge in [-0.15, -0.1) is 22.9 Å². The summed E-state index contributed by atoms with van der Waals surface area (Å²) in [6.45, 7) is 2.03. The number of rotatable bonds is 2. The minimum Gasteiger partial charge on any atom is -0.367 e. The van der Waals surface area contributed by atoms with Crippen LogP contribution in [0.4, 0.5) is 5.69 Å². The van der Waals surface area contributed by atoms with Gasteiger partial charge in [0.25, 0.3) is 0 Å². The Kier molecular flexibility index (Phi) is 3.51.